The monoisotopic (exact) mass is 467 g/mol. The number of imidazole rings is 1. The van der Waals surface area contributed by atoms with Crippen LogP contribution < -0.4 is 14.4 Å². The van der Waals surface area contributed by atoms with Gasteiger partial charge in [0, 0.05) is 25.8 Å². The van der Waals surface area contributed by atoms with Crippen LogP contribution >= 0.6 is 0 Å². The lowest BCUT2D eigenvalue weighted by Gasteiger charge is -2.38. The number of carbonyl (C=O) groups is 2. The summed E-state index contributed by atoms with van der Waals surface area (Å²) < 4.78 is 23.6. The predicted octanol–water partition coefficient (Wildman–Crippen LogP) is 3.21. The van der Waals surface area contributed by atoms with E-state index in [0.29, 0.717) is 42.6 Å². The molecule has 2 heterocycles. The van der Waals surface area contributed by atoms with Crippen LogP contribution in [0.15, 0.2) is 42.5 Å². The quantitative estimate of drug-likeness (QED) is 0.271. The van der Waals surface area contributed by atoms with Crippen LogP contribution in [0.25, 0.3) is 11.0 Å². The van der Waals surface area contributed by atoms with Crippen molar-refractivity contribution in [1.29, 1.82) is 0 Å². The summed E-state index contributed by atoms with van der Waals surface area (Å²) in [6.07, 6.45) is 0.591. The van der Waals surface area contributed by atoms with Crippen molar-refractivity contribution in [3.63, 3.8) is 0 Å². The van der Waals surface area contributed by atoms with Crippen LogP contribution in [0, 0.1) is 5.92 Å². The van der Waals surface area contributed by atoms with Crippen molar-refractivity contribution in [2.75, 3.05) is 46.0 Å². The maximum Gasteiger partial charge on any atom is 0.321 e. The Morgan fingerprint density at radius 2 is 1.88 bits per heavy atom. The predicted molar refractivity (Wildman–Crippen MR) is 126 cm³/mol. The molecule has 4 rings (SSSR count). The summed E-state index contributed by atoms with van der Waals surface area (Å²) in [4.78, 5) is 33.5. The average molecular weight is 468 g/mol. The fraction of sp³-hybridized carbons (Fsp3) is 0.400. The average Bonchev–Trinajstić information content (AvgIpc) is 3.23. The first-order valence-corrected chi connectivity index (χ1v) is 11.2. The Balaban J connectivity index is 2.00. The SMILES string of the molecule is CCOC(=O)[C@H]1C(=O)N(CCCOC)c2nc3ccccc3n2[C@H]1c1cc(OC)ccc1OC. The van der Waals surface area contributed by atoms with Crippen molar-refractivity contribution < 1.29 is 28.5 Å². The van der Waals surface area contributed by atoms with Gasteiger partial charge in [-0.3, -0.25) is 14.5 Å². The molecular weight excluding hydrogens is 438 g/mol. The highest BCUT2D eigenvalue weighted by Crippen LogP contribution is 2.44. The molecular formula is C25H29N3O6. The lowest BCUT2D eigenvalue weighted by molar-refractivity contribution is -0.153. The van der Waals surface area contributed by atoms with Crippen molar-refractivity contribution in [3.8, 4) is 11.5 Å². The maximum atomic E-state index is 13.9. The number of nitrogens with zero attached hydrogens (tertiary/aromatic N) is 3. The molecule has 2 atom stereocenters. The van der Waals surface area contributed by atoms with Crippen LogP contribution in [0.4, 0.5) is 5.95 Å². The molecule has 9 heteroatoms. The van der Waals surface area contributed by atoms with Crippen LogP contribution in [0.1, 0.15) is 24.9 Å². The fourth-order valence-electron chi connectivity index (χ4n) is 4.48. The normalized spacial score (nSPS) is 17.5. The second-order valence-corrected chi connectivity index (χ2v) is 7.89. The maximum absolute atomic E-state index is 13.9. The van der Waals surface area contributed by atoms with Crippen LogP contribution in [0.5, 0.6) is 11.5 Å². The van der Waals surface area contributed by atoms with Gasteiger partial charge in [0.25, 0.3) is 0 Å². The Bertz CT molecular complexity index is 1190. The summed E-state index contributed by atoms with van der Waals surface area (Å²) in [5.74, 6) is -0.509. The number of ether oxygens (including phenoxy) is 4. The van der Waals surface area contributed by atoms with E-state index in [1.165, 1.54) is 0 Å². The number of aromatic nitrogens is 2. The molecule has 0 bridgehead atoms. The lowest BCUT2D eigenvalue weighted by Crippen LogP contribution is -2.50. The van der Waals surface area contributed by atoms with Crippen molar-refractivity contribution >= 4 is 28.9 Å². The van der Waals surface area contributed by atoms with E-state index in [-0.39, 0.29) is 12.5 Å². The second kappa shape index (κ2) is 10.1. The van der Waals surface area contributed by atoms with Crippen molar-refractivity contribution in [3.05, 3.63) is 48.0 Å². The Hall–Kier alpha value is -3.59. The van der Waals surface area contributed by atoms with Gasteiger partial charge in [0.05, 0.1) is 37.9 Å². The lowest BCUT2D eigenvalue weighted by atomic mass is 9.88. The van der Waals surface area contributed by atoms with Gasteiger partial charge in [-0.1, -0.05) is 12.1 Å². The Morgan fingerprint density at radius 3 is 2.59 bits per heavy atom. The smallest absolute Gasteiger partial charge is 0.321 e. The first-order valence-electron chi connectivity index (χ1n) is 11.2. The summed E-state index contributed by atoms with van der Waals surface area (Å²) in [6, 6.07) is 12.2. The third-order valence-electron chi connectivity index (χ3n) is 5.97. The van der Waals surface area contributed by atoms with E-state index < -0.39 is 17.9 Å². The van der Waals surface area contributed by atoms with E-state index in [4.69, 9.17) is 23.9 Å². The summed E-state index contributed by atoms with van der Waals surface area (Å²) >= 11 is 0. The first kappa shape index (κ1) is 23.6. The molecule has 0 N–H and O–H groups in total. The molecule has 1 aromatic heterocycles. The molecule has 3 aromatic rings. The fourth-order valence-corrected chi connectivity index (χ4v) is 4.48. The molecule has 2 aromatic carbocycles. The Morgan fingerprint density at radius 1 is 1.09 bits per heavy atom. The standard InChI is InChI=1S/C25H29N3O6/c1-5-34-24(30)21-22(17-15-16(32-3)11-12-20(17)33-4)28-19-10-7-6-9-18(19)26-25(28)27(23(21)29)13-8-14-31-2/h6-7,9-12,15,21-22H,5,8,13-14H2,1-4H3/t21-,22+/m1/s1. The minimum Gasteiger partial charge on any atom is -0.497 e. The number of esters is 1. The topological polar surface area (TPSA) is 92.1 Å². The molecule has 180 valence electrons. The largest absolute Gasteiger partial charge is 0.497 e. The number of carbonyl (C=O) groups excluding carboxylic acids is 2. The van der Waals surface area contributed by atoms with Gasteiger partial charge in [0.1, 0.15) is 11.5 Å². The van der Waals surface area contributed by atoms with Gasteiger partial charge in [-0.2, -0.15) is 0 Å². The Labute approximate surface area is 198 Å². The van der Waals surface area contributed by atoms with Crippen molar-refractivity contribution in [1.82, 2.24) is 9.55 Å². The van der Waals surface area contributed by atoms with Crippen LogP contribution in [-0.2, 0) is 19.1 Å². The van der Waals surface area contributed by atoms with Crippen LogP contribution in [0.3, 0.4) is 0 Å². The molecule has 34 heavy (non-hydrogen) atoms. The number of benzene rings is 2. The van der Waals surface area contributed by atoms with Crippen LogP contribution in [-0.4, -0.2) is 62.5 Å². The van der Waals surface area contributed by atoms with Crippen molar-refractivity contribution in [2.24, 2.45) is 5.92 Å². The number of methoxy groups -OCH3 is 3. The van der Waals surface area contributed by atoms with Gasteiger partial charge in [-0.15, -0.1) is 0 Å². The molecule has 0 saturated heterocycles. The zero-order valence-corrected chi connectivity index (χ0v) is 19.8. The van der Waals surface area contributed by atoms with Gasteiger partial charge in [-0.25, -0.2) is 4.98 Å². The molecule has 0 fully saturated rings. The minimum atomic E-state index is -1.13. The highest BCUT2D eigenvalue weighted by atomic mass is 16.5. The third-order valence-corrected chi connectivity index (χ3v) is 5.97. The van der Waals surface area contributed by atoms with Crippen LogP contribution in [0.2, 0.25) is 0 Å². The highest BCUT2D eigenvalue weighted by molar-refractivity contribution is 6.08. The molecule has 1 amide bonds. The van der Waals surface area contributed by atoms with E-state index in [1.54, 1.807) is 51.4 Å². The number of anilines is 1. The number of para-hydroxylation sites is 2. The van der Waals surface area contributed by atoms with E-state index in [0.717, 1.165) is 11.0 Å². The number of amides is 1. The van der Waals surface area contributed by atoms with E-state index >= 15 is 0 Å². The summed E-state index contributed by atoms with van der Waals surface area (Å²) in [7, 11) is 4.73. The molecule has 1 aliphatic rings. The molecule has 0 saturated carbocycles. The number of hydrogen-bond donors (Lipinski definition) is 0. The highest BCUT2D eigenvalue weighted by Gasteiger charge is 2.48. The van der Waals surface area contributed by atoms with E-state index in [9.17, 15) is 9.59 Å². The number of rotatable bonds is 9. The molecule has 1 aliphatic heterocycles. The van der Waals surface area contributed by atoms with E-state index in [2.05, 4.69) is 0 Å². The number of fused-ring (bicyclic) bond motifs is 3. The molecule has 0 spiro atoms. The second-order valence-electron chi connectivity index (χ2n) is 7.89. The van der Waals surface area contributed by atoms with Gasteiger partial charge < -0.3 is 23.5 Å². The van der Waals surface area contributed by atoms with Gasteiger partial charge in [0.2, 0.25) is 11.9 Å². The molecule has 0 radical (unpaired) electrons. The van der Waals surface area contributed by atoms with Gasteiger partial charge in [0.15, 0.2) is 5.92 Å². The summed E-state index contributed by atoms with van der Waals surface area (Å²) in [6.45, 7) is 2.71. The summed E-state index contributed by atoms with van der Waals surface area (Å²) in [5.41, 5.74) is 2.15. The van der Waals surface area contributed by atoms with Gasteiger partial charge in [-0.05, 0) is 43.7 Å². The van der Waals surface area contributed by atoms with Gasteiger partial charge >= 0.3 is 5.97 Å². The zero-order chi connectivity index (χ0) is 24.2. The summed E-state index contributed by atoms with van der Waals surface area (Å²) in [5, 5.41) is 0. The Kier molecular flexibility index (Phi) is 7.02. The minimum absolute atomic E-state index is 0.159. The van der Waals surface area contributed by atoms with Crippen molar-refractivity contribution in [2.45, 2.75) is 19.4 Å². The molecule has 0 aliphatic carbocycles. The number of hydrogen-bond acceptors (Lipinski definition) is 7. The molecule has 9 nitrogen and oxygen atoms in total. The zero-order valence-electron chi connectivity index (χ0n) is 19.8. The molecule has 0 unspecified atom stereocenters. The third kappa shape index (κ3) is 4.07. The first-order chi connectivity index (χ1) is 16.5. The van der Waals surface area contributed by atoms with E-state index in [1.807, 2.05) is 28.8 Å².